The van der Waals surface area contributed by atoms with Crippen molar-refractivity contribution in [3.63, 3.8) is 0 Å². The van der Waals surface area contributed by atoms with Gasteiger partial charge in [0.05, 0.1) is 30.2 Å². The summed E-state index contributed by atoms with van der Waals surface area (Å²) < 4.78 is 27.0. The van der Waals surface area contributed by atoms with Gasteiger partial charge in [-0.2, -0.15) is 5.26 Å². The number of amides is 2. The maximum absolute atomic E-state index is 13.5. The van der Waals surface area contributed by atoms with Gasteiger partial charge >= 0.3 is 0 Å². The number of likely N-dealkylation sites (tertiary alicyclic amines) is 1. The number of para-hydroxylation sites is 1. The number of hydrogen-bond donors (Lipinski definition) is 2. The molecule has 3 rings (SSSR count). The van der Waals surface area contributed by atoms with Gasteiger partial charge in [-0.3, -0.25) is 14.6 Å². The first-order valence-corrected chi connectivity index (χ1v) is 9.33. The van der Waals surface area contributed by atoms with Crippen molar-refractivity contribution in [2.24, 2.45) is 0 Å². The van der Waals surface area contributed by atoms with Crippen molar-refractivity contribution in [1.82, 2.24) is 15.2 Å². The van der Waals surface area contributed by atoms with Crippen molar-refractivity contribution in [2.45, 2.75) is 31.6 Å². The Hall–Kier alpha value is -3.22. The second kappa shape index (κ2) is 8.43. The molecule has 1 fully saturated rings. The molecule has 1 saturated heterocycles. The van der Waals surface area contributed by atoms with Crippen LogP contribution in [0.3, 0.4) is 0 Å². The van der Waals surface area contributed by atoms with Gasteiger partial charge in [-0.05, 0) is 12.1 Å². The smallest absolute Gasteiger partial charge is 0.268 e. The summed E-state index contributed by atoms with van der Waals surface area (Å²) in [6.07, 6.45) is 1.74. The lowest BCUT2D eigenvalue weighted by Gasteiger charge is -2.19. The zero-order valence-corrected chi connectivity index (χ0v) is 15.9. The summed E-state index contributed by atoms with van der Waals surface area (Å²) in [4.78, 5) is 30.1. The fourth-order valence-corrected chi connectivity index (χ4v) is 3.32. The number of nitriles is 1. The van der Waals surface area contributed by atoms with E-state index in [1.807, 2.05) is 13.0 Å². The summed E-state index contributed by atoms with van der Waals surface area (Å²) in [5, 5.41) is 15.3. The van der Waals surface area contributed by atoms with Gasteiger partial charge in [0.15, 0.2) is 0 Å². The highest BCUT2D eigenvalue weighted by Crippen LogP contribution is 2.31. The number of nitrogens with zero attached hydrogens (tertiary/aromatic N) is 3. The number of fused-ring (bicyclic) bond motifs is 1. The van der Waals surface area contributed by atoms with Crippen LogP contribution in [-0.2, 0) is 4.79 Å². The van der Waals surface area contributed by atoms with Gasteiger partial charge in [-0.1, -0.05) is 25.4 Å². The Morgan fingerprint density at radius 2 is 2.21 bits per heavy atom. The number of rotatable bonds is 6. The molecule has 1 aromatic heterocycles. The number of aromatic nitrogens is 1. The third-order valence-corrected chi connectivity index (χ3v) is 4.72. The van der Waals surface area contributed by atoms with E-state index in [-0.39, 0.29) is 0 Å². The number of pyridine rings is 1. The molecule has 0 spiro atoms. The zero-order valence-electron chi connectivity index (χ0n) is 15.9. The minimum Gasteiger partial charge on any atom is -0.429 e. The number of anilines is 1. The van der Waals surface area contributed by atoms with Crippen molar-refractivity contribution in [3.05, 3.63) is 36.0 Å². The van der Waals surface area contributed by atoms with Gasteiger partial charge in [0.25, 0.3) is 11.8 Å². The highest BCUT2D eigenvalue weighted by molar-refractivity contribution is 6.41. The van der Waals surface area contributed by atoms with Crippen molar-refractivity contribution >= 4 is 35.8 Å². The van der Waals surface area contributed by atoms with Crippen molar-refractivity contribution in [1.29, 1.82) is 5.26 Å². The lowest BCUT2D eigenvalue weighted by Crippen LogP contribution is -2.43. The van der Waals surface area contributed by atoms with E-state index in [4.69, 9.17) is 5.26 Å². The molecule has 0 aliphatic carbocycles. The van der Waals surface area contributed by atoms with Crippen molar-refractivity contribution in [2.75, 3.05) is 18.3 Å². The van der Waals surface area contributed by atoms with E-state index in [9.17, 15) is 18.4 Å². The normalized spacial score (nSPS) is 17.6. The quantitative estimate of drug-likeness (QED) is 0.724. The molecule has 1 aliphatic rings. The number of halogens is 2. The van der Waals surface area contributed by atoms with Gasteiger partial charge in [0.1, 0.15) is 6.04 Å². The number of carbonyl (C=O) groups excluding carboxylic acids is 2. The first-order valence-electron chi connectivity index (χ1n) is 9.33. The molecule has 0 saturated carbocycles. The fourth-order valence-electron chi connectivity index (χ4n) is 3.32. The molecule has 0 bridgehead atoms. The van der Waals surface area contributed by atoms with E-state index in [0.29, 0.717) is 16.5 Å². The van der Waals surface area contributed by atoms with Crippen LogP contribution >= 0.6 is 0 Å². The SMILES string of the molecule is CCBNc1cccc2c(C(=O)NCC(=O)N3CC(F)(F)C[C@H]3C#N)ccnc12. The van der Waals surface area contributed by atoms with E-state index in [1.54, 1.807) is 18.2 Å². The average molecular weight is 399 g/mol. The fraction of sp³-hybridized carbons (Fsp3) is 0.368. The van der Waals surface area contributed by atoms with Gasteiger partial charge in [0, 0.05) is 23.7 Å². The number of benzene rings is 1. The van der Waals surface area contributed by atoms with E-state index >= 15 is 0 Å². The van der Waals surface area contributed by atoms with Gasteiger partial charge in [-0.25, -0.2) is 8.78 Å². The van der Waals surface area contributed by atoms with Crippen LogP contribution in [0.1, 0.15) is 23.7 Å². The van der Waals surface area contributed by atoms with Crippen LogP contribution in [0, 0.1) is 11.3 Å². The maximum Gasteiger partial charge on any atom is 0.268 e. The topological polar surface area (TPSA) is 98.1 Å². The number of nitrogens with one attached hydrogen (secondary N) is 2. The van der Waals surface area contributed by atoms with Crippen molar-refractivity contribution in [3.8, 4) is 6.07 Å². The van der Waals surface area contributed by atoms with Crippen molar-refractivity contribution < 1.29 is 18.4 Å². The summed E-state index contributed by atoms with van der Waals surface area (Å²) in [6.45, 7) is 0.754. The first-order chi connectivity index (χ1) is 13.9. The lowest BCUT2D eigenvalue weighted by atomic mass is 9.90. The van der Waals surface area contributed by atoms with Crippen LogP contribution < -0.4 is 10.5 Å². The Bertz CT molecular complexity index is 979. The minimum absolute atomic E-state index is 0.325. The predicted molar refractivity (Wildman–Crippen MR) is 106 cm³/mol. The van der Waals surface area contributed by atoms with Crippen LogP contribution in [0.2, 0.25) is 6.32 Å². The number of carbonyl (C=O) groups is 2. The Kier molecular flexibility index (Phi) is 5.96. The molecule has 150 valence electrons. The van der Waals surface area contributed by atoms with Crippen LogP contribution in [0.25, 0.3) is 10.9 Å². The predicted octanol–water partition coefficient (Wildman–Crippen LogP) is 1.93. The second-order valence-corrected chi connectivity index (χ2v) is 6.90. The molecule has 29 heavy (non-hydrogen) atoms. The largest absolute Gasteiger partial charge is 0.429 e. The molecule has 1 aromatic carbocycles. The molecule has 2 aromatic rings. The first kappa shape index (κ1) is 20.5. The summed E-state index contributed by atoms with van der Waals surface area (Å²) >= 11 is 0. The molecule has 1 aliphatic heterocycles. The summed E-state index contributed by atoms with van der Waals surface area (Å²) in [6, 6.07) is 7.48. The molecule has 2 heterocycles. The van der Waals surface area contributed by atoms with Crippen LogP contribution in [-0.4, -0.2) is 54.2 Å². The zero-order chi connectivity index (χ0) is 21.0. The van der Waals surface area contributed by atoms with E-state index in [0.717, 1.165) is 24.3 Å². The average Bonchev–Trinajstić information content (AvgIpc) is 3.04. The van der Waals surface area contributed by atoms with E-state index in [1.165, 1.54) is 12.3 Å². The maximum atomic E-state index is 13.5. The molecule has 2 N–H and O–H groups in total. The highest BCUT2D eigenvalue weighted by atomic mass is 19.3. The van der Waals surface area contributed by atoms with E-state index < -0.39 is 43.3 Å². The Balaban J connectivity index is 1.74. The monoisotopic (exact) mass is 399 g/mol. The molecular formula is C19H20BF2N5O2. The molecule has 2 amide bonds. The van der Waals surface area contributed by atoms with Crippen LogP contribution in [0.5, 0.6) is 0 Å². The molecule has 10 heteroatoms. The van der Waals surface area contributed by atoms with Crippen LogP contribution in [0.4, 0.5) is 14.5 Å². The van der Waals surface area contributed by atoms with E-state index in [2.05, 4.69) is 15.5 Å². The number of hydrogen-bond acceptors (Lipinski definition) is 5. The summed E-state index contributed by atoms with van der Waals surface area (Å²) in [7, 11) is 0.756. The molecular weight excluding hydrogens is 379 g/mol. The second-order valence-electron chi connectivity index (χ2n) is 6.90. The third kappa shape index (κ3) is 4.45. The summed E-state index contributed by atoms with van der Waals surface area (Å²) in [5.74, 6) is -4.33. The minimum atomic E-state index is -3.09. The van der Waals surface area contributed by atoms with Crippen LogP contribution in [0.15, 0.2) is 30.5 Å². The standard InChI is InChI=1S/C19H20BF2N5O2/c1-2-20-26-15-5-3-4-13-14(6-7-24-17(13)15)18(29)25-10-16(28)27-11-19(21,22)8-12(27)9-23/h3-7,12,20,26H,2,8,10-11H2,1H3,(H,25,29)/t12-/m0/s1. The van der Waals surface area contributed by atoms with Gasteiger partial charge in [-0.15, -0.1) is 0 Å². The molecule has 0 radical (unpaired) electrons. The Morgan fingerprint density at radius 3 is 2.93 bits per heavy atom. The summed E-state index contributed by atoms with van der Waals surface area (Å²) in [5.41, 5.74) is 1.75. The Labute approximate surface area is 167 Å². The number of alkyl halides is 2. The molecule has 1 atom stereocenters. The van der Waals surface area contributed by atoms with Gasteiger partial charge in [0.2, 0.25) is 13.3 Å². The highest BCUT2D eigenvalue weighted by Gasteiger charge is 2.47. The van der Waals surface area contributed by atoms with Gasteiger partial charge < -0.3 is 15.4 Å². The molecule has 7 nitrogen and oxygen atoms in total. The Morgan fingerprint density at radius 1 is 1.41 bits per heavy atom. The molecule has 0 unspecified atom stereocenters. The lowest BCUT2D eigenvalue weighted by molar-refractivity contribution is -0.131. The third-order valence-electron chi connectivity index (χ3n) is 4.72.